The second-order valence-corrected chi connectivity index (χ2v) is 8.45. The summed E-state index contributed by atoms with van der Waals surface area (Å²) < 4.78 is 5.46. The number of ether oxygens (including phenoxy) is 1. The average Bonchev–Trinajstić information content (AvgIpc) is 3.27. The standard InChI is InChI=1S/C21H26N2O4S/c1-13(2)16-10-15(14(3)9-17(16)27-4)11-18-20(25)23(21(26)28-18)12-19(24)22-7-5-6-8-22/h9-11,13H,5-8,12H2,1-4H3/b18-11+. The maximum absolute atomic E-state index is 12.7. The van der Waals surface area contributed by atoms with Crippen molar-refractivity contribution in [2.75, 3.05) is 26.7 Å². The van der Waals surface area contributed by atoms with E-state index in [1.807, 2.05) is 19.1 Å². The van der Waals surface area contributed by atoms with Crippen molar-refractivity contribution in [3.05, 3.63) is 33.7 Å². The molecule has 0 aliphatic carbocycles. The molecule has 3 amide bonds. The maximum atomic E-state index is 12.7. The minimum atomic E-state index is -0.399. The van der Waals surface area contributed by atoms with Crippen LogP contribution in [-0.2, 0) is 9.59 Å². The van der Waals surface area contributed by atoms with Gasteiger partial charge in [0.2, 0.25) is 5.91 Å². The monoisotopic (exact) mass is 402 g/mol. The van der Waals surface area contributed by atoms with Gasteiger partial charge in [0.05, 0.1) is 12.0 Å². The molecule has 0 atom stereocenters. The Bertz CT molecular complexity index is 841. The van der Waals surface area contributed by atoms with Gasteiger partial charge in [0.25, 0.3) is 11.1 Å². The minimum absolute atomic E-state index is 0.163. The number of nitrogens with zero attached hydrogens (tertiary/aromatic N) is 2. The molecule has 150 valence electrons. The van der Waals surface area contributed by atoms with Crippen LogP contribution in [0.15, 0.2) is 17.0 Å². The highest BCUT2D eigenvalue weighted by atomic mass is 32.2. The lowest BCUT2D eigenvalue weighted by Crippen LogP contribution is -2.40. The SMILES string of the molecule is COc1cc(C)c(/C=C2/SC(=O)N(CC(=O)N3CCCC3)C2=O)cc1C(C)C. The summed E-state index contributed by atoms with van der Waals surface area (Å²) in [6, 6.07) is 3.95. The smallest absolute Gasteiger partial charge is 0.294 e. The number of hydrogen-bond acceptors (Lipinski definition) is 5. The summed E-state index contributed by atoms with van der Waals surface area (Å²) in [4.78, 5) is 40.5. The topological polar surface area (TPSA) is 66.9 Å². The van der Waals surface area contributed by atoms with Crippen LogP contribution in [0.25, 0.3) is 6.08 Å². The van der Waals surface area contributed by atoms with Crippen LogP contribution < -0.4 is 4.74 Å². The van der Waals surface area contributed by atoms with E-state index in [4.69, 9.17) is 4.74 Å². The second-order valence-electron chi connectivity index (χ2n) is 7.46. The normalized spacial score (nSPS) is 18.7. The molecule has 28 heavy (non-hydrogen) atoms. The number of rotatable bonds is 5. The van der Waals surface area contributed by atoms with Gasteiger partial charge in [0.15, 0.2) is 0 Å². The number of amides is 3. The molecule has 1 aromatic rings. The van der Waals surface area contributed by atoms with Crippen molar-refractivity contribution in [3.8, 4) is 5.75 Å². The van der Waals surface area contributed by atoms with Gasteiger partial charge in [-0.2, -0.15) is 0 Å². The fourth-order valence-electron chi connectivity index (χ4n) is 3.48. The predicted molar refractivity (Wildman–Crippen MR) is 110 cm³/mol. The molecule has 3 rings (SSSR count). The van der Waals surface area contributed by atoms with Gasteiger partial charge < -0.3 is 9.64 Å². The molecular formula is C21H26N2O4S. The zero-order valence-electron chi connectivity index (χ0n) is 16.8. The van der Waals surface area contributed by atoms with Gasteiger partial charge >= 0.3 is 0 Å². The summed E-state index contributed by atoms with van der Waals surface area (Å²) in [5, 5.41) is -0.390. The van der Waals surface area contributed by atoms with E-state index in [-0.39, 0.29) is 23.6 Å². The van der Waals surface area contributed by atoms with Crippen molar-refractivity contribution in [2.24, 2.45) is 0 Å². The van der Waals surface area contributed by atoms with Gasteiger partial charge in [0, 0.05) is 13.1 Å². The Morgan fingerprint density at radius 1 is 1.25 bits per heavy atom. The number of carbonyl (C=O) groups is 3. The number of imide groups is 1. The lowest BCUT2D eigenvalue weighted by molar-refractivity contribution is -0.135. The number of carbonyl (C=O) groups excluding carboxylic acids is 3. The highest BCUT2D eigenvalue weighted by Crippen LogP contribution is 2.35. The van der Waals surface area contributed by atoms with Crippen LogP contribution in [0, 0.1) is 6.92 Å². The van der Waals surface area contributed by atoms with Gasteiger partial charge in [-0.3, -0.25) is 19.3 Å². The maximum Gasteiger partial charge on any atom is 0.294 e. The Hall–Kier alpha value is -2.28. The summed E-state index contributed by atoms with van der Waals surface area (Å²) in [5.41, 5.74) is 2.88. The molecular weight excluding hydrogens is 376 g/mol. The van der Waals surface area contributed by atoms with Crippen LogP contribution in [0.4, 0.5) is 4.79 Å². The minimum Gasteiger partial charge on any atom is -0.496 e. The number of aryl methyl sites for hydroxylation is 1. The van der Waals surface area contributed by atoms with E-state index in [1.165, 1.54) is 0 Å². The van der Waals surface area contributed by atoms with Gasteiger partial charge in [0.1, 0.15) is 12.3 Å². The molecule has 0 aromatic heterocycles. The van der Waals surface area contributed by atoms with Crippen LogP contribution in [0.2, 0.25) is 0 Å². The molecule has 2 saturated heterocycles. The van der Waals surface area contributed by atoms with Crippen LogP contribution in [-0.4, -0.2) is 53.6 Å². The fourth-order valence-corrected chi connectivity index (χ4v) is 4.31. The van der Waals surface area contributed by atoms with Crippen molar-refractivity contribution in [3.63, 3.8) is 0 Å². The van der Waals surface area contributed by atoms with Crippen LogP contribution in [0.5, 0.6) is 5.75 Å². The molecule has 1 aromatic carbocycles. The number of likely N-dealkylation sites (tertiary alicyclic amines) is 1. The predicted octanol–water partition coefficient (Wildman–Crippen LogP) is 3.79. The summed E-state index contributed by atoms with van der Waals surface area (Å²) in [6.45, 7) is 7.33. The molecule has 0 N–H and O–H groups in total. The molecule has 0 radical (unpaired) electrons. The number of methoxy groups -OCH3 is 1. The van der Waals surface area contributed by atoms with Crippen molar-refractivity contribution in [1.29, 1.82) is 0 Å². The van der Waals surface area contributed by atoms with Crippen molar-refractivity contribution < 1.29 is 19.1 Å². The molecule has 2 aliphatic heterocycles. The van der Waals surface area contributed by atoms with Crippen LogP contribution in [0.3, 0.4) is 0 Å². The zero-order chi connectivity index (χ0) is 20.4. The van der Waals surface area contributed by atoms with E-state index in [2.05, 4.69) is 13.8 Å². The Balaban J connectivity index is 1.83. The fraction of sp³-hybridized carbons (Fsp3) is 0.476. The third-order valence-corrected chi connectivity index (χ3v) is 6.06. The zero-order valence-corrected chi connectivity index (χ0v) is 17.6. The van der Waals surface area contributed by atoms with E-state index in [0.29, 0.717) is 18.0 Å². The highest BCUT2D eigenvalue weighted by molar-refractivity contribution is 8.18. The van der Waals surface area contributed by atoms with Crippen LogP contribution in [0.1, 0.15) is 49.3 Å². The van der Waals surface area contributed by atoms with Crippen molar-refractivity contribution in [2.45, 2.75) is 39.5 Å². The average molecular weight is 403 g/mol. The first-order chi connectivity index (χ1) is 13.3. The van der Waals surface area contributed by atoms with E-state index < -0.39 is 5.91 Å². The quantitative estimate of drug-likeness (QED) is 0.701. The van der Waals surface area contributed by atoms with Gasteiger partial charge in [-0.15, -0.1) is 0 Å². The molecule has 2 fully saturated rings. The molecule has 7 heteroatoms. The largest absolute Gasteiger partial charge is 0.496 e. The van der Waals surface area contributed by atoms with Crippen molar-refractivity contribution in [1.82, 2.24) is 9.80 Å². The van der Waals surface area contributed by atoms with E-state index in [0.717, 1.165) is 51.9 Å². The lowest BCUT2D eigenvalue weighted by Gasteiger charge is -2.18. The first kappa shape index (κ1) is 20.5. The van der Waals surface area contributed by atoms with Gasteiger partial charge in [-0.25, -0.2) is 0 Å². The summed E-state index contributed by atoms with van der Waals surface area (Å²) in [5.74, 6) is 0.512. The van der Waals surface area contributed by atoms with Crippen molar-refractivity contribution >= 4 is 34.9 Å². The molecule has 6 nitrogen and oxygen atoms in total. The van der Waals surface area contributed by atoms with E-state index in [1.54, 1.807) is 18.1 Å². The number of hydrogen-bond donors (Lipinski definition) is 0. The first-order valence-corrected chi connectivity index (χ1v) is 10.3. The number of thioether (sulfide) groups is 1. The summed E-state index contributed by atoms with van der Waals surface area (Å²) >= 11 is 0.891. The third kappa shape index (κ3) is 4.09. The molecule has 0 unspecified atom stereocenters. The molecule has 2 aliphatic rings. The Kier molecular flexibility index (Phi) is 6.13. The summed E-state index contributed by atoms with van der Waals surface area (Å²) in [7, 11) is 1.64. The highest BCUT2D eigenvalue weighted by Gasteiger charge is 2.37. The van der Waals surface area contributed by atoms with Gasteiger partial charge in [-0.1, -0.05) is 13.8 Å². The molecule has 0 bridgehead atoms. The van der Waals surface area contributed by atoms with Gasteiger partial charge in [-0.05, 0) is 72.3 Å². The van der Waals surface area contributed by atoms with E-state index >= 15 is 0 Å². The molecule has 2 heterocycles. The Labute approximate surface area is 169 Å². The molecule has 0 spiro atoms. The first-order valence-electron chi connectivity index (χ1n) is 9.53. The number of benzene rings is 1. The third-order valence-electron chi connectivity index (χ3n) is 5.15. The van der Waals surface area contributed by atoms with E-state index in [9.17, 15) is 14.4 Å². The summed E-state index contributed by atoms with van der Waals surface area (Å²) in [6.07, 6.45) is 3.69. The second kappa shape index (κ2) is 8.39. The van der Waals surface area contributed by atoms with Crippen LogP contribution >= 0.6 is 11.8 Å². The Morgan fingerprint density at radius 3 is 2.54 bits per heavy atom. The molecule has 0 saturated carbocycles. The Morgan fingerprint density at radius 2 is 1.93 bits per heavy atom. The lowest BCUT2D eigenvalue weighted by atomic mass is 9.96.